The van der Waals surface area contributed by atoms with E-state index in [1.807, 2.05) is 36.5 Å². The number of aryl methyl sites for hydroxylation is 1. The molecule has 0 saturated carbocycles. The van der Waals surface area contributed by atoms with Crippen molar-refractivity contribution in [3.8, 4) is 11.4 Å². The Morgan fingerprint density at radius 3 is 2.55 bits per heavy atom. The van der Waals surface area contributed by atoms with Gasteiger partial charge < -0.3 is 9.67 Å². The molecule has 1 aromatic carbocycles. The second kappa shape index (κ2) is 14.0. The van der Waals surface area contributed by atoms with Gasteiger partial charge in [-0.3, -0.25) is 14.7 Å². The Morgan fingerprint density at radius 1 is 1.05 bits per heavy atom. The number of unbranched alkanes of at least 4 members (excludes halogenated alkanes) is 3. The second-order valence-corrected chi connectivity index (χ2v) is 12.7. The summed E-state index contributed by atoms with van der Waals surface area (Å²) in [7, 11) is -3.72. The number of hydrogen-bond donors (Lipinski definition) is 1. The maximum Gasteiger partial charge on any atom is 0.323 e. The first-order valence-corrected chi connectivity index (χ1v) is 16.0. The van der Waals surface area contributed by atoms with Crippen molar-refractivity contribution in [2.75, 3.05) is 26.2 Å². The smallest absolute Gasteiger partial charge is 0.323 e. The molecule has 5 rings (SSSR count). The van der Waals surface area contributed by atoms with E-state index < -0.39 is 22.0 Å². The molecule has 1 N–H and O–H groups in total. The zero-order valence-corrected chi connectivity index (χ0v) is 24.6. The van der Waals surface area contributed by atoms with Gasteiger partial charge in [0.15, 0.2) is 0 Å². The minimum atomic E-state index is -3.72. The molecule has 3 aromatic heterocycles. The molecule has 40 heavy (non-hydrogen) atoms. The summed E-state index contributed by atoms with van der Waals surface area (Å²) in [6.45, 7) is 7.08. The van der Waals surface area contributed by atoms with Crippen LogP contribution in [0.4, 0.5) is 0 Å². The van der Waals surface area contributed by atoms with E-state index in [9.17, 15) is 18.3 Å². The van der Waals surface area contributed by atoms with Gasteiger partial charge in [-0.1, -0.05) is 44.4 Å². The van der Waals surface area contributed by atoms with Crippen LogP contribution in [0.5, 0.6) is 0 Å². The van der Waals surface area contributed by atoms with Crippen molar-refractivity contribution in [3.63, 3.8) is 0 Å². The molecule has 1 aliphatic rings. The lowest BCUT2D eigenvalue weighted by Gasteiger charge is -2.38. The van der Waals surface area contributed by atoms with Crippen molar-refractivity contribution < 1.29 is 18.3 Å². The van der Waals surface area contributed by atoms with Crippen LogP contribution in [0.1, 0.15) is 39.5 Å². The van der Waals surface area contributed by atoms with Gasteiger partial charge in [-0.2, -0.15) is 4.31 Å². The number of sulfonamides is 1. The quantitative estimate of drug-likeness (QED) is 0.256. The van der Waals surface area contributed by atoms with Gasteiger partial charge in [-0.25, -0.2) is 13.4 Å². The zero-order valence-electron chi connectivity index (χ0n) is 23.0. The number of carboxylic acid groups (broad SMARTS) is 1. The molecule has 4 aromatic rings. The van der Waals surface area contributed by atoms with E-state index in [-0.39, 0.29) is 17.3 Å². The van der Waals surface area contributed by atoms with Crippen LogP contribution in [-0.4, -0.2) is 75.5 Å². The minimum Gasteiger partial charge on any atom is -0.480 e. The summed E-state index contributed by atoms with van der Waals surface area (Å²) in [5, 5.41) is 11.2. The summed E-state index contributed by atoms with van der Waals surface area (Å²) in [6, 6.07) is 14.4. The maximum atomic E-state index is 12.6. The van der Waals surface area contributed by atoms with Crippen LogP contribution < -0.4 is 0 Å². The number of carboxylic acids is 1. The predicted molar refractivity (Wildman–Crippen MR) is 159 cm³/mol. The van der Waals surface area contributed by atoms with Gasteiger partial charge >= 0.3 is 5.97 Å². The van der Waals surface area contributed by atoms with Gasteiger partial charge in [0.05, 0.1) is 11.0 Å². The normalized spacial score (nSPS) is 16.5. The third kappa shape index (κ3) is 6.95. The van der Waals surface area contributed by atoms with Crippen molar-refractivity contribution in [2.45, 2.75) is 56.3 Å². The number of nitrogens with zero attached hydrogens (tertiary/aromatic N) is 5. The van der Waals surface area contributed by atoms with E-state index in [0.29, 0.717) is 6.54 Å². The average molecular weight is 584 g/mol. The molecule has 214 valence electrons. The van der Waals surface area contributed by atoms with Gasteiger partial charge in [0.25, 0.3) is 10.0 Å². The van der Waals surface area contributed by atoms with Gasteiger partial charge in [0.2, 0.25) is 0 Å². The van der Waals surface area contributed by atoms with Crippen LogP contribution in [0.15, 0.2) is 70.5 Å². The Morgan fingerprint density at radius 2 is 1.88 bits per heavy atom. The molecule has 1 atom stereocenters. The van der Waals surface area contributed by atoms with Crippen molar-refractivity contribution in [1.82, 2.24) is 23.7 Å². The number of hydrogen-bond acceptors (Lipinski definition) is 7. The Kier molecular flexibility index (Phi) is 10.4. The van der Waals surface area contributed by atoms with E-state index in [1.165, 1.54) is 18.0 Å². The monoisotopic (exact) mass is 583 g/mol. The number of rotatable bonds is 10. The molecule has 11 heteroatoms. The summed E-state index contributed by atoms with van der Waals surface area (Å²) in [6.07, 6.45) is 8.12. The molecule has 1 fully saturated rings. The van der Waals surface area contributed by atoms with Gasteiger partial charge in [-0.15, -0.1) is 11.3 Å². The number of imidazole rings is 1. The number of fused-ring (bicyclic) bond motifs is 1. The summed E-state index contributed by atoms with van der Waals surface area (Å²) < 4.78 is 28.8. The largest absolute Gasteiger partial charge is 0.480 e. The third-order valence-electron chi connectivity index (χ3n) is 6.98. The zero-order chi connectivity index (χ0) is 28.5. The van der Waals surface area contributed by atoms with Crippen molar-refractivity contribution in [2.24, 2.45) is 0 Å². The first kappa shape index (κ1) is 29.9. The molecule has 0 radical (unpaired) electrons. The second-order valence-electron chi connectivity index (χ2n) is 9.67. The standard InChI is InChI=1S/C15H24N2O4S2.C14H13N3/c1-2-3-4-5-8-16-9-10-17(13(12-16)15(18)19)23(20,21)14-7-6-11-22-14;1-2-17-13-8-4-3-7-12(13)16-14(17)11-6-5-9-15-10-11/h6-7,11,13H,2-5,8-10,12H2,1H3,(H,18,19);3-10H,2H2,1H3. The molecule has 1 unspecified atom stereocenters. The van der Waals surface area contributed by atoms with Crippen LogP contribution in [0.3, 0.4) is 0 Å². The molecule has 0 amide bonds. The Hall–Kier alpha value is -3.12. The number of para-hydroxylation sites is 2. The van der Waals surface area contributed by atoms with Gasteiger partial charge in [0.1, 0.15) is 16.1 Å². The van der Waals surface area contributed by atoms with Crippen LogP contribution in [0.2, 0.25) is 0 Å². The fourth-order valence-electron chi connectivity index (χ4n) is 4.91. The van der Waals surface area contributed by atoms with Crippen molar-refractivity contribution >= 4 is 38.4 Å². The fraction of sp³-hybridized carbons (Fsp3) is 0.414. The van der Waals surface area contributed by atoms with Gasteiger partial charge in [0, 0.05) is 44.1 Å². The first-order chi connectivity index (χ1) is 19.4. The fourth-order valence-corrected chi connectivity index (χ4v) is 7.60. The number of benzene rings is 1. The molecular weight excluding hydrogens is 546 g/mol. The summed E-state index contributed by atoms with van der Waals surface area (Å²) in [5.74, 6) is -0.0924. The SMILES string of the molecule is CCCCCCN1CCN(S(=O)(=O)c2cccs2)C(C(=O)O)C1.CCn1c(-c2cccnc2)nc2ccccc21. The topological polar surface area (TPSA) is 109 Å². The molecule has 4 heterocycles. The van der Waals surface area contributed by atoms with E-state index >= 15 is 0 Å². The van der Waals surface area contributed by atoms with Crippen LogP contribution in [0, 0.1) is 0 Å². The van der Waals surface area contributed by atoms with Crippen LogP contribution in [-0.2, 0) is 21.4 Å². The highest BCUT2D eigenvalue weighted by molar-refractivity contribution is 7.91. The Balaban J connectivity index is 0.000000192. The number of carbonyl (C=O) groups is 1. The Bertz CT molecular complexity index is 1470. The summed E-state index contributed by atoms with van der Waals surface area (Å²) in [5.41, 5.74) is 3.27. The highest BCUT2D eigenvalue weighted by Crippen LogP contribution is 2.26. The molecule has 0 aliphatic carbocycles. The van der Waals surface area contributed by atoms with Crippen molar-refractivity contribution in [1.29, 1.82) is 0 Å². The number of piperazine rings is 1. The van der Waals surface area contributed by atoms with E-state index in [0.717, 1.165) is 64.9 Å². The number of aliphatic carboxylic acids is 1. The lowest BCUT2D eigenvalue weighted by molar-refractivity contribution is -0.143. The predicted octanol–water partition coefficient (Wildman–Crippen LogP) is 5.21. The highest BCUT2D eigenvalue weighted by atomic mass is 32.2. The van der Waals surface area contributed by atoms with Crippen LogP contribution >= 0.6 is 11.3 Å². The lowest BCUT2D eigenvalue weighted by Crippen LogP contribution is -2.58. The molecule has 1 saturated heterocycles. The third-order valence-corrected chi connectivity index (χ3v) is 10.3. The highest BCUT2D eigenvalue weighted by Gasteiger charge is 2.40. The molecule has 1 aliphatic heterocycles. The van der Waals surface area contributed by atoms with E-state index in [2.05, 4.69) is 39.3 Å². The summed E-state index contributed by atoms with van der Waals surface area (Å²) in [4.78, 5) is 22.5. The molecular formula is C29H37N5O4S2. The summed E-state index contributed by atoms with van der Waals surface area (Å²) >= 11 is 1.12. The maximum absolute atomic E-state index is 12.6. The minimum absolute atomic E-state index is 0.208. The van der Waals surface area contributed by atoms with Crippen LogP contribution in [0.25, 0.3) is 22.4 Å². The van der Waals surface area contributed by atoms with Crippen molar-refractivity contribution in [3.05, 3.63) is 66.3 Å². The lowest BCUT2D eigenvalue weighted by atomic mass is 10.1. The number of aromatic nitrogens is 3. The Labute approximate surface area is 240 Å². The first-order valence-electron chi connectivity index (χ1n) is 13.7. The van der Waals surface area contributed by atoms with E-state index in [1.54, 1.807) is 17.6 Å². The molecule has 0 spiro atoms. The van der Waals surface area contributed by atoms with Gasteiger partial charge in [-0.05, 0) is 55.6 Å². The molecule has 0 bridgehead atoms. The number of thiophene rings is 1. The number of pyridine rings is 1. The molecule has 9 nitrogen and oxygen atoms in total. The van der Waals surface area contributed by atoms with E-state index in [4.69, 9.17) is 0 Å². The average Bonchev–Trinajstić information content (AvgIpc) is 3.65.